The highest BCUT2D eigenvalue weighted by atomic mass is 16.5. The maximum Gasteiger partial charge on any atom is 0.260 e. The molecule has 1 aliphatic rings. The van der Waals surface area contributed by atoms with E-state index in [9.17, 15) is 9.59 Å². The molecule has 36 heavy (non-hydrogen) atoms. The summed E-state index contributed by atoms with van der Waals surface area (Å²) in [4.78, 5) is 29.1. The maximum absolute atomic E-state index is 12.7. The number of nitrogens with zero attached hydrogens (tertiary/aromatic N) is 4. The molecule has 1 fully saturated rings. The molecule has 1 aromatic heterocycles. The Morgan fingerprint density at radius 1 is 0.694 bits per heavy atom. The number of hydrogen-bond acceptors (Lipinski definition) is 6. The summed E-state index contributed by atoms with van der Waals surface area (Å²) in [5, 5.41) is 8.75. The van der Waals surface area contributed by atoms with Gasteiger partial charge in [0, 0.05) is 42.9 Å². The van der Waals surface area contributed by atoms with E-state index in [1.807, 2.05) is 60.7 Å². The van der Waals surface area contributed by atoms with Crippen LogP contribution in [0.25, 0.3) is 11.3 Å². The number of ketones is 1. The minimum Gasteiger partial charge on any atom is -0.484 e. The fraction of sp³-hybridized carbons (Fsp3) is 0.172. The zero-order valence-corrected chi connectivity index (χ0v) is 19.8. The maximum atomic E-state index is 12.7. The molecule has 1 aliphatic heterocycles. The molecule has 1 saturated heterocycles. The van der Waals surface area contributed by atoms with E-state index in [2.05, 4.69) is 15.1 Å². The molecule has 0 unspecified atom stereocenters. The van der Waals surface area contributed by atoms with Gasteiger partial charge in [0.1, 0.15) is 5.75 Å². The van der Waals surface area contributed by atoms with Crippen molar-refractivity contribution in [1.82, 2.24) is 15.1 Å². The van der Waals surface area contributed by atoms with E-state index >= 15 is 0 Å². The SMILES string of the molecule is O=C(c1ccccc1)c1ccc(OCC(=O)N2CCN(c3ccc(-c4ccccc4)nn3)CC2)cc1. The topological polar surface area (TPSA) is 75.6 Å². The van der Waals surface area contributed by atoms with Crippen molar-refractivity contribution in [2.24, 2.45) is 0 Å². The average Bonchev–Trinajstić information content (AvgIpc) is 2.97. The number of aromatic nitrogens is 2. The summed E-state index contributed by atoms with van der Waals surface area (Å²) in [6, 6.07) is 29.9. The van der Waals surface area contributed by atoms with E-state index in [1.165, 1.54) is 0 Å². The van der Waals surface area contributed by atoms with Gasteiger partial charge in [-0.05, 0) is 36.4 Å². The fourth-order valence-corrected chi connectivity index (χ4v) is 4.14. The average molecular weight is 479 g/mol. The minimum atomic E-state index is -0.0652. The lowest BCUT2D eigenvalue weighted by atomic mass is 10.0. The van der Waals surface area contributed by atoms with E-state index in [0.29, 0.717) is 43.1 Å². The molecular weight excluding hydrogens is 452 g/mol. The summed E-state index contributed by atoms with van der Waals surface area (Å²) >= 11 is 0. The molecule has 4 aromatic rings. The van der Waals surface area contributed by atoms with Gasteiger partial charge in [0.15, 0.2) is 18.2 Å². The lowest BCUT2D eigenvalue weighted by Gasteiger charge is -2.35. The van der Waals surface area contributed by atoms with Crippen LogP contribution < -0.4 is 9.64 Å². The van der Waals surface area contributed by atoms with E-state index in [0.717, 1.165) is 17.1 Å². The number of hydrogen-bond donors (Lipinski definition) is 0. The molecule has 0 N–H and O–H groups in total. The van der Waals surface area contributed by atoms with Crippen LogP contribution in [0.1, 0.15) is 15.9 Å². The normalized spacial score (nSPS) is 13.3. The third kappa shape index (κ3) is 5.41. The van der Waals surface area contributed by atoms with Crippen LogP contribution in [0, 0.1) is 0 Å². The lowest BCUT2D eigenvalue weighted by molar-refractivity contribution is -0.133. The zero-order valence-electron chi connectivity index (χ0n) is 19.8. The van der Waals surface area contributed by atoms with E-state index in [-0.39, 0.29) is 18.3 Å². The number of carbonyl (C=O) groups excluding carboxylic acids is 2. The third-order valence-electron chi connectivity index (χ3n) is 6.19. The molecule has 0 bridgehead atoms. The van der Waals surface area contributed by atoms with Crippen molar-refractivity contribution < 1.29 is 14.3 Å². The van der Waals surface area contributed by atoms with Gasteiger partial charge in [-0.15, -0.1) is 10.2 Å². The van der Waals surface area contributed by atoms with Crippen LogP contribution in [0.3, 0.4) is 0 Å². The van der Waals surface area contributed by atoms with Crippen LogP contribution in [0.4, 0.5) is 5.82 Å². The molecule has 0 saturated carbocycles. The van der Waals surface area contributed by atoms with Crippen molar-refractivity contribution in [2.45, 2.75) is 0 Å². The Balaban J connectivity index is 1.10. The van der Waals surface area contributed by atoms with Crippen molar-refractivity contribution in [1.29, 1.82) is 0 Å². The summed E-state index contributed by atoms with van der Waals surface area (Å²) in [7, 11) is 0. The summed E-state index contributed by atoms with van der Waals surface area (Å²) in [5.74, 6) is 1.25. The Kier molecular flexibility index (Phi) is 6.98. The van der Waals surface area contributed by atoms with Crippen molar-refractivity contribution in [2.75, 3.05) is 37.7 Å². The van der Waals surface area contributed by atoms with Crippen LogP contribution in [0.5, 0.6) is 5.75 Å². The smallest absolute Gasteiger partial charge is 0.260 e. The Labute approximate surface area is 210 Å². The number of amides is 1. The zero-order chi connectivity index (χ0) is 24.7. The van der Waals surface area contributed by atoms with Crippen LogP contribution in [0.15, 0.2) is 97.1 Å². The molecule has 5 rings (SSSR count). The van der Waals surface area contributed by atoms with Crippen molar-refractivity contribution in [3.05, 3.63) is 108 Å². The number of ether oxygens (including phenoxy) is 1. The molecule has 0 spiro atoms. The second-order valence-electron chi connectivity index (χ2n) is 8.52. The number of piperazine rings is 1. The van der Waals surface area contributed by atoms with Gasteiger partial charge in [-0.2, -0.15) is 0 Å². The van der Waals surface area contributed by atoms with E-state index in [4.69, 9.17) is 4.74 Å². The summed E-state index contributed by atoms with van der Waals surface area (Å²) in [6.07, 6.45) is 0. The molecule has 3 aromatic carbocycles. The second kappa shape index (κ2) is 10.8. The predicted molar refractivity (Wildman–Crippen MR) is 138 cm³/mol. The molecule has 0 radical (unpaired) electrons. The largest absolute Gasteiger partial charge is 0.484 e. The highest BCUT2D eigenvalue weighted by Crippen LogP contribution is 2.20. The van der Waals surface area contributed by atoms with Gasteiger partial charge in [-0.3, -0.25) is 9.59 Å². The van der Waals surface area contributed by atoms with Gasteiger partial charge in [0.05, 0.1) is 5.69 Å². The fourth-order valence-electron chi connectivity index (χ4n) is 4.14. The molecule has 7 heteroatoms. The van der Waals surface area contributed by atoms with Crippen LogP contribution in [-0.2, 0) is 4.79 Å². The Bertz CT molecular complexity index is 1300. The Hall–Kier alpha value is -4.52. The molecule has 0 aliphatic carbocycles. The highest BCUT2D eigenvalue weighted by Gasteiger charge is 2.22. The summed E-state index contributed by atoms with van der Waals surface area (Å²) in [6.45, 7) is 2.50. The van der Waals surface area contributed by atoms with Gasteiger partial charge in [-0.1, -0.05) is 60.7 Å². The van der Waals surface area contributed by atoms with Gasteiger partial charge in [0.2, 0.25) is 0 Å². The quantitative estimate of drug-likeness (QED) is 0.372. The number of rotatable bonds is 7. The molecule has 7 nitrogen and oxygen atoms in total. The highest BCUT2D eigenvalue weighted by molar-refractivity contribution is 6.09. The van der Waals surface area contributed by atoms with Crippen LogP contribution in [0.2, 0.25) is 0 Å². The number of carbonyl (C=O) groups is 2. The molecular formula is C29H26N4O3. The number of benzene rings is 3. The van der Waals surface area contributed by atoms with Gasteiger partial charge >= 0.3 is 0 Å². The number of anilines is 1. The first kappa shape index (κ1) is 23.2. The minimum absolute atomic E-state index is 0.0441. The van der Waals surface area contributed by atoms with Crippen LogP contribution in [-0.4, -0.2) is 59.6 Å². The van der Waals surface area contributed by atoms with Crippen molar-refractivity contribution >= 4 is 17.5 Å². The lowest BCUT2D eigenvalue weighted by Crippen LogP contribution is -2.50. The summed E-state index contributed by atoms with van der Waals surface area (Å²) in [5.41, 5.74) is 3.08. The van der Waals surface area contributed by atoms with E-state index in [1.54, 1.807) is 41.3 Å². The molecule has 2 heterocycles. The molecule has 180 valence electrons. The first-order valence-corrected chi connectivity index (χ1v) is 11.9. The first-order valence-electron chi connectivity index (χ1n) is 11.9. The standard InChI is InChI=1S/C29H26N4O3/c34-28(21-36-25-13-11-24(12-14-25)29(35)23-9-5-2-6-10-23)33-19-17-32(18-20-33)27-16-15-26(30-31-27)22-7-3-1-4-8-22/h1-16H,17-21H2. The monoisotopic (exact) mass is 478 g/mol. The first-order chi connectivity index (χ1) is 17.7. The van der Waals surface area contributed by atoms with Crippen LogP contribution >= 0.6 is 0 Å². The Morgan fingerprint density at radius 3 is 1.97 bits per heavy atom. The Morgan fingerprint density at radius 2 is 1.33 bits per heavy atom. The molecule has 0 atom stereocenters. The van der Waals surface area contributed by atoms with Gasteiger partial charge in [-0.25, -0.2) is 0 Å². The van der Waals surface area contributed by atoms with Gasteiger partial charge in [0.25, 0.3) is 5.91 Å². The second-order valence-corrected chi connectivity index (χ2v) is 8.52. The third-order valence-corrected chi connectivity index (χ3v) is 6.19. The van der Waals surface area contributed by atoms with Gasteiger partial charge < -0.3 is 14.5 Å². The van der Waals surface area contributed by atoms with Crippen molar-refractivity contribution in [3.8, 4) is 17.0 Å². The predicted octanol–water partition coefficient (Wildman–Crippen LogP) is 4.10. The molecule has 1 amide bonds. The van der Waals surface area contributed by atoms with Crippen molar-refractivity contribution in [3.63, 3.8) is 0 Å². The summed E-state index contributed by atoms with van der Waals surface area (Å²) < 4.78 is 5.69. The van der Waals surface area contributed by atoms with E-state index < -0.39 is 0 Å².